The number of rotatable bonds is 6. The average molecular weight is 584 g/mol. The van der Waals surface area contributed by atoms with Gasteiger partial charge in [-0.05, 0) is 123 Å². The first-order chi connectivity index (χ1) is 19.3. The summed E-state index contributed by atoms with van der Waals surface area (Å²) < 4.78 is 6.12. The molecular formula is C36H57NO5. The molecule has 6 heteroatoms. The molecule has 0 aromatic carbocycles. The van der Waals surface area contributed by atoms with Crippen molar-refractivity contribution in [2.24, 2.45) is 50.7 Å². The van der Waals surface area contributed by atoms with Gasteiger partial charge in [0.15, 0.2) is 5.78 Å². The van der Waals surface area contributed by atoms with E-state index in [2.05, 4.69) is 60.8 Å². The average Bonchev–Trinajstić information content (AvgIpc) is 3.18. The van der Waals surface area contributed by atoms with Crippen LogP contribution in [-0.2, 0) is 19.1 Å². The Labute approximate surface area is 254 Å². The summed E-state index contributed by atoms with van der Waals surface area (Å²) in [6, 6.07) is 0. The molecule has 0 saturated heterocycles. The molecule has 236 valence electrons. The number of carbonyl (C=O) groups excluding carboxylic acids is 2. The van der Waals surface area contributed by atoms with Crippen LogP contribution in [0.3, 0.4) is 0 Å². The predicted octanol–water partition coefficient (Wildman–Crippen LogP) is 7.35. The van der Waals surface area contributed by atoms with Gasteiger partial charge in [0.1, 0.15) is 6.10 Å². The first kappa shape index (κ1) is 31.7. The standard InChI is InChI=1S/C36H57NO5/c1-21(2)28-23(38)19-36(37-10)18-17-34(8)22(29(28)36)11-12-25-33(7)15-14-26(42-27(39)20-31(3,4)30(40)41)32(5,6)24(33)13-16-35(25,34)9/h21-22,24-26,37H,11-20H2,1-10H3,(H,40,41)/t22-,24+,25-,26+,33+,34-,35-,36-/m1/s1. The zero-order chi connectivity index (χ0) is 31.3. The van der Waals surface area contributed by atoms with E-state index in [1.54, 1.807) is 13.8 Å². The Balaban J connectivity index is 1.44. The van der Waals surface area contributed by atoms with Crippen molar-refractivity contribution in [1.82, 2.24) is 5.32 Å². The molecule has 0 radical (unpaired) electrons. The maximum atomic E-state index is 13.5. The molecule has 5 aliphatic rings. The lowest BCUT2D eigenvalue weighted by molar-refractivity contribution is -0.232. The van der Waals surface area contributed by atoms with Gasteiger partial charge in [-0.1, -0.05) is 48.5 Å². The molecule has 42 heavy (non-hydrogen) atoms. The van der Waals surface area contributed by atoms with Gasteiger partial charge in [0, 0.05) is 17.4 Å². The number of carboxylic acids is 1. The molecule has 0 aliphatic heterocycles. The zero-order valence-corrected chi connectivity index (χ0v) is 28.0. The Morgan fingerprint density at radius 1 is 0.952 bits per heavy atom. The summed E-state index contributed by atoms with van der Waals surface area (Å²) in [5, 5.41) is 13.2. The Morgan fingerprint density at radius 2 is 1.62 bits per heavy atom. The van der Waals surface area contributed by atoms with Crippen molar-refractivity contribution in [2.45, 2.75) is 138 Å². The van der Waals surface area contributed by atoms with Crippen molar-refractivity contribution < 1.29 is 24.2 Å². The zero-order valence-electron chi connectivity index (χ0n) is 28.0. The summed E-state index contributed by atoms with van der Waals surface area (Å²) in [4.78, 5) is 38.0. The highest BCUT2D eigenvalue weighted by molar-refractivity contribution is 6.01. The fourth-order valence-electron chi connectivity index (χ4n) is 11.8. The van der Waals surface area contributed by atoms with E-state index < -0.39 is 17.4 Å². The van der Waals surface area contributed by atoms with Crippen LogP contribution in [0.1, 0.15) is 127 Å². The third-order valence-corrected chi connectivity index (χ3v) is 14.3. The number of esters is 1. The number of ether oxygens (including phenoxy) is 1. The molecule has 6 nitrogen and oxygen atoms in total. The molecular weight excluding hydrogens is 526 g/mol. The van der Waals surface area contributed by atoms with Crippen LogP contribution in [0.4, 0.5) is 0 Å². The van der Waals surface area contributed by atoms with Crippen molar-refractivity contribution in [3.8, 4) is 0 Å². The minimum Gasteiger partial charge on any atom is -0.481 e. The lowest BCUT2D eigenvalue weighted by atomic mass is 9.33. The van der Waals surface area contributed by atoms with E-state index >= 15 is 0 Å². The second-order valence-corrected chi connectivity index (χ2v) is 17.2. The first-order valence-corrected chi connectivity index (χ1v) is 16.7. The largest absolute Gasteiger partial charge is 0.481 e. The lowest BCUT2D eigenvalue weighted by Crippen LogP contribution is -2.67. The smallest absolute Gasteiger partial charge is 0.309 e. The molecule has 0 spiro atoms. The van der Waals surface area contributed by atoms with Crippen molar-refractivity contribution in [2.75, 3.05) is 7.05 Å². The van der Waals surface area contributed by atoms with Crippen LogP contribution in [0.2, 0.25) is 0 Å². The van der Waals surface area contributed by atoms with E-state index in [4.69, 9.17) is 4.74 Å². The van der Waals surface area contributed by atoms with Crippen LogP contribution >= 0.6 is 0 Å². The van der Waals surface area contributed by atoms with Gasteiger partial charge in [0.25, 0.3) is 0 Å². The van der Waals surface area contributed by atoms with E-state index in [0.717, 1.165) is 50.5 Å². The number of nitrogens with one attached hydrogen (secondary N) is 1. The van der Waals surface area contributed by atoms with E-state index in [1.807, 2.05) is 0 Å². The highest BCUT2D eigenvalue weighted by atomic mass is 16.5. The summed E-state index contributed by atoms with van der Waals surface area (Å²) in [7, 11) is 2.06. The topological polar surface area (TPSA) is 92.7 Å². The monoisotopic (exact) mass is 583 g/mol. The van der Waals surface area contributed by atoms with Crippen LogP contribution in [0, 0.1) is 50.7 Å². The van der Waals surface area contributed by atoms with Gasteiger partial charge in [-0.25, -0.2) is 0 Å². The number of allylic oxidation sites excluding steroid dienone is 1. The fraction of sp³-hybridized carbons (Fsp3) is 0.861. The number of hydrogen-bond acceptors (Lipinski definition) is 5. The number of hydrogen-bond donors (Lipinski definition) is 2. The quantitative estimate of drug-likeness (QED) is 0.318. The van der Waals surface area contributed by atoms with Gasteiger partial charge in [-0.15, -0.1) is 0 Å². The molecule has 0 unspecified atom stereocenters. The predicted molar refractivity (Wildman–Crippen MR) is 165 cm³/mol. The summed E-state index contributed by atoms with van der Waals surface area (Å²) in [5.74, 6) is 0.695. The molecule has 0 amide bonds. The summed E-state index contributed by atoms with van der Waals surface area (Å²) >= 11 is 0. The number of carbonyl (C=O) groups is 3. The van der Waals surface area contributed by atoms with Crippen LogP contribution in [0.5, 0.6) is 0 Å². The molecule has 2 N–H and O–H groups in total. The normalized spacial score (nSPS) is 42.9. The maximum Gasteiger partial charge on any atom is 0.309 e. The van der Waals surface area contributed by atoms with Crippen LogP contribution < -0.4 is 5.32 Å². The Hall–Kier alpha value is -1.69. The van der Waals surface area contributed by atoms with E-state index in [-0.39, 0.29) is 45.6 Å². The van der Waals surface area contributed by atoms with Gasteiger partial charge in [-0.3, -0.25) is 14.4 Å². The van der Waals surface area contributed by atoms with Crippen molar-refractivity contribution in [1.29, 1.82) is 0 Å². The Kier molecular flexibility index (Phi) is 7.48. The van der Waals surface area contributed by atoms with E-state index in [1.165, 1.54) is 12.0 Å². The second-order valence-electron chi connectivity index (χ2n) is 17.2. The number of likely N-dealkylation sites (N-methyl/N-ethyl adjacent to an activating group) is 1. The fourth-order valence-corrected chi connectivity index (χ4v) is 11.8. The van der Waals surface area contributed by atoms with Crippen LogP contribution in [0.15, 0.2) is 11.1 Å². The van der Waals surface area contributed by atoms with Crippen LogP contribution in [-0.4, -0.2) is 41.5 Å². The minimum atomic E-state index is -1.13. The molecule has 0 aromatic heterocycles. The third kappa shape index (κ3) is 4.23. The number of fused-ring (bicyclic) bond motifs is 7. The number of aliphatic carboxylic acids is 1. The van der Waals surface area contributed by atoms with Gasteiger partial charge in [-0.2, -0.15) is 0 Å². The molecule has 8 atom stereocenters. The van der Waals surface area contributed by atoms with Gasteiger partial charge < -0.3 is 15.2 Å². The summed E-state index contributed by atoms with van der Waals surface area (Å²) in [5.41, 5.74) is 1.56. The molecule has 0 bridgehead atoms. The van der Waals surface area contributed by atoms with Crippen LogP contribution in [0.25, 0.3) is 0 Å². The first-order valence-electron chi connectivity index (χ1n) is 16.7. The van der Waals surface area contributed by atoms with Gasteiger partial charge in [0.2, 0.25) is 0 Å². The van der Waals surface area contributed by atoms with Gasteiger partial charge in [0.05, 0.1) is 11.8 Å². The molecule has 0 heterocycles. The Bertz CT molecular complexity index is 1200. The molecule has 0 aromatic rings. The highest BCUT2D eigenvalue weighted by Crippen LogP contribution is 2.75. The van der Waals surface area contributed by atoms with E-state index in [0.29, 0.717) is 30.0 Å². The minimum absolute atomic E-state index is 0.109. The number of carboxylic acid groups (broad SMARTS) is 1. The number of Topliss-reactive ketones (excluding diaryl/α,β-unsaturated/α-hetero) is 1. The molecule has 4 fully saturated rings. The number of ketones is 1. The lowest BCUT2D eigenvalue weighted by Gasteiger charge is -2.72. The molecule has 5 rings (SSSR count). The SMILES string of the molecule is CN[C@@]12CC[C@]3(C)[C@H](CC[C@@H]4[C@@]5(C)CC[C@H](OC(=O)CC(C)(C)C(=O)O)C(C)(C)[C@@H]5CC[C@]43C)C1=C(C(C)C)C(=O)C2. The molecule has 5 aliphatic carbocycles. The Morgan fingerprint density at radius 3 is 2.21 bits per heavy atom. The van der Waals surface area contributed by atoms with Crippen molar-refractivity contribution in [3.05, 3.63) is 11.1 Å². The third-order valence-electron chi connectivity index (χ3n) is 14.3. The molecule has 4 saturated carbocycles. The summed E-state index contributed by atoms with van der Waals surface area (Å²) in [6.07, 6.45) is 8.95. The van der Waals surface area contributed by atoms with Crippen molar-refractivity contribution >= 4 is 17.7 Å². The second kappa shape index (κ2) is 9.91. The highest BCUT2D eigenvalue weighted by Gasteiger charge is 2.70. The maximum absolute atomic E-state index is 13.5. The summed E-state index contributed by atoms with van der Waals surface area (Å²) in [6.45, 7) is 19.9. The van der Waals surface area contributed by atoms with E-state index in [9.17, 15) is 19.5 Å². The van der Waals surface area contributed by atoms with Crippen molar-refractivity contribution in [3.63, 3.8) is 0 Å². The van der Waals surface area contributed by atoms with Gasteiger partial charge >= 0.3 is 11.9 Å².